The van der Waals surface area contributed by atoms with E-state index in [1.807, 2.05) is 0 Å². The van der Waals surface area contributed by atoms with Crippen molar-refractivity contribution < 1.29 is 23.7 Å². The molecule has 0 saturated heterocycles. The van der Waals surface area contributed by atoms with Crippen molar-refractivity contribution in [2.24, 2.45) is 0 Å². The Kier molecular flexibility index (Phi) is 6.04. The van der Waals surface area contributed by atoms with Crippen LogP contribution in [0, 0.1) is 5.82 Å². The number of nitrogens with one attached hydrogen (secondary N) is 1. The summed E-state index contributed by atoms with van der Waals surface area (Å²) in [4.78, 5) is 31.0. The van der Waals surface area contributed by atoms with Gasteiger partial charge >= 0.3 is 0 Å². The lowest BCUT2D eigenvalue weighted by molar-refractivity contribution is 0.0948. The minimum Gasteiger partial charge on any atom is -0.493 e. The maximum atomic E-state index is 13.4. The average Bonchev–Trinajstić information content (AvgIpc) is 3.32. The molecule has 3 N–H and O–H groups in total. The number of aromatic hydroxyl groups is 1. The van der Waals surface area contributed by atoms with Crippen LogP contribution in [0.25, 0.3) is 17.2 Å². The van der Waals surface area contributed by atoms with Crippen LogP contribution in [0.2, 0.25) is 0 Å². The van der Waals surface area contributed by atoms with Crippen LogP contribution in [-0.4, -0.2) is 42.3 Å². The number of hydrogen-bond acceptors (Lipinski definition) is 6. The lowest BCUT2D eigenvalue weighted by Crippen LogP contribution is -2.25. The van der Waals surface area contributed by atoms with Gasteiger partial charge in [0, 0.05) is 36.5 Å². The van der Waals surface area contributed by atoms with E-state index >= 15 is 0 Å². The molecule has 0 saturated carbocycles. The lowest BCUT2D eigenvalue weighted by atomic mass is 10.1. The molecule has 0 unspecified atom stereocenters. The molecule has 0 aliphatic carbocycles. The molecule has 4 aromatic rings. The van der Waals surface area contributed by atoms with Crippen molar-refractivity contribution in [3.63, 3.8) is 0 Å². The second kappa shape index (κ2) is 8.93. The average molecular weight is 467 g/mol. The fraction of sp³-hybridized carbons (Fsp3) is 0.0909. The molecule has 0 radical (unpaired) electrons. The van der Waals surface area contributed by atoms with Gasteiger partial charge in [-0.25, -0.2) is 14.1 Å². The monoisotopic (exact) mass is 467 g/mol. The highest BCUT2D eigenvalue weighted by molar-refractivity contribution is 7.65. The summed E-state index contributed by atoms with van der Waals surface area (Å²) in [7, 11) is -3.37. The van der Waals surface area contributed by atoms with E-state index < -0.39 is 25.0 Å². The molecule has 0 bridgehead atoms. The highest BCUT2D eigenvalue weighted by atomic mass is 31.2. The summed E-state index contributed by atoms with van der Waals surface area (Å²) in [6.07, 6.45) is 3.09. The third-order valence-electron chi connectivity index (χ3n) is 4.80. The molecule has 2 heterocycles. The third kappa shape index (κ3) is 4.97. The molecule has 0 spiro atoms. The fourth-order valence-electron chi connectivity index (χ4n) is 3.11. The van der Waals surface area contributed by atoms with Gasteiger partial charge in [-0.2, -0.15) is 10.1 Å². The summed E-state index contributed by atoms with van der Waals surface area (Å²) in [6, 6.07) is 13.3. The van der Waals surface area contributed by atoms with Crippen molar-refractivity contribution in [2.75, 3.05) is 6.66 Å². The van der Waals surface area contributed by atoms with Gasteiger partial charge in [0.15, 0.2) is 0 Å². The van der Waals surface area contributed by atoms with Gasteiger partial charge in [0.25, 0.3) is 11.9 Å². The molecule has 0 aliphatic rings. The van der Waals surface area contributed by atoms with Gasteiger partial charge in [0.2, 0.25) is 13.2 Å². The van der Waals surface area contributed by atoms with Crippen LogP contribution in [0.3, 0.4) is 0 Å². The van der Waals surface area contributed by atoms with Crippen molar-refractivity contribution in [3.05, 3.63) is 83.9 Å². The normalized spacial score (nSPS) is 12.8. The van der Waals surface area contributed by atoms with Crippen LogP contribution < -0.4 is 10.6 Å². The Morgan fingerprint density at radius 3 is 2.42 bits per heavy atom. The predicted octanol–water partition coefficient (Wildman–Crippen LogP) is 2.63. The number of carbonyl (C=O) groups is 1. The van der Waals surface area contributed by atoms with Crippen molar-refractivity contribution in [3.8, 4) is 23.1 Å². The summed E-state index contributed by atoms with van der Waals surface area (Å²) in [6.45, 7) is 1.33. The first-order chi connectivity index (χ1) is 15.7. The van der Waals surface area contributed by atoms with Crippen molar-refractivity contribution >= 4 is 18.6 Å². The van der Waals surface area contributed by atoms with Gasteiger partial charge in [-0.3, -0.25) is 9.36 Å². The molecular formula is C22H19FN5O4P. The van der Waals surface area contributed by atoms with Crippen LogP contribution in [0.1, 0.15) is 15.9 Å². The SMILES string of the molecule is C[P@](=O)(O)c1ccc(CNC(=O)c2c(O)nc(-n3cccn3)nc2-c2ccc(F)cc2)cc1. The van der Waals surface area contributed by atoms with E-state index in [2.05, 4.69) is 20.4 Å². The smallest absolute Gasteiger partial charge is 0.259 e. The number of rotatable bonds is 6. The zero-order chi connectivity index (χ0) is 23.6. The van der Waals surface area contributed by atoms with Crippen molar-refractivity contribution in [1.29, 1.82) is 0 Å². The van der Waals surface area contributed by atoms with Crippen LogP contribution >= 0.6 is 7.37 Å². The van der Waals surface area contributed by atoms with Crippen LogP contribution in [0.4, 0.5) is 4.39 Å². The highest BCUT2D eigenvalue weighted by Gasteiger charge is 2.23. The number of nitrogens with zero attached hydrogens (tertiary/aromatic N) is 4. The van der Waals surface area contributed by atoms with Crippen molar-refractivity contribution in [1.82, 2.24) is 25.1 Å². The molecule has 9 nitrogen and oxygen atoms in total. The molecule has 0 fully saturated rings. The maximum Gasteiger partial charge on any atom is 0.259 e. The largest absolute Gasteiger partial charge is 0.493 e. The van der Waals surface area contributed by atoms with Crippen molar-refractivity contribution in [2.45, 2.75) is 6.54 Å². The van der Waals surface area contributed by atoms with Gasteiger partial charge in [-0.05, 0) is 48.0 Å². The quantitative estimate of drug-likeness (QED) is 0.372. The first-order valence-electron chi connectivity index (χ1n) is 9.77. The zero-order valence-electron chi connectivity index (χ0n) is 17.4. The van der Waals surface area contributed by atoms with Gasteiger partial charge < -0.3 is 15.3 Å². The molecule has 2 aromatic carbocycles. The molecule has 0 aliphatic heterocycles. The number of carbonyl (C=O) groups excluding carboxylic acids is 1. The van der Waals surface area contributed by atoms with Gasteiger partial charge in [0.05, 0.1) is 5.69 Å². The van der Waals surface area contributed by atoms with Gasteiger partial charge in [0.1, 0.15) is 11.4 Å². The molecule has 33 heavy (non-hydrogen) atoms. The molecule has 1 amide bonds. The summed E-state index contributed by atoms with van der Waals surface area (Å²) in [5, 5.41) is 17.6. The van der Waals surface area contributed by atoms with E-state index in [1.54, 1.807) is 24.4 Å². The summed E-state index contributed by atoms with van der Waals surface area (Å²) in [5.41, 5.74) is 1.01. The Morgan fingerprint density at radius 2 is 1.82 bits per heavy atom. The summed E-state index contributed by atoms with van der Waals surface area (Å²) >= 11 is 0. The minimum absolute atomic E-state index is 0.0389. The van der Waals surface area contributed by atoms with E-state index in [4.69, 9.17) is 0 Å². The Balaban J connectivity index is 1.66. The second-order valence-electron chi connectivity index (χ2n) is 7.26. The van der Waals surface area contributed by atoms with Crippen LogP contribution in [0.5, 0.6) is 5.88 Å². The van der Waals surface area contributed by atoms with Gasteiger partial charge in [-0.1, -0.05) is 12.1 Å². The van der Waals surface area contributed by atoms with E-state index in [0.29, 0.717) is 16.4 Å². The van der Waals surface area contributed by atoms with E-state index in [-0.39, 0.29) is 23.8 Å². The van der Waals surface area contributed by atoms with E-state index in [1.165, 1.54) is 53.9 Å². The molecule has 11 heteroatoms. The molecular weight excluding hydrogens is 448 g/mol. The Labute approximate surface area is 188 Å². The standard InChI is InChI=1S/C22H19FN5O4P/c1-33(31,32)17-9-3-14(4-10-17)13-24-20(29)18-19(15-5-7-16(23)8-6-15)26-22(27-21(18)30)28-12-2-11-25-28/h2-12H,13H2,1H3,(H,24,29)(H,31,32)(H,26,27,30). The second-order valence-corrected chi connectivity index (χ2v) is 9.53. The number of aromatic nitrogens is 4. The first kappa shape index (κ1) is 22.3. The Bertz CT molecular complexity index is 1340. The highest BCUT2D eigenvalue weighted by Crippen LogP contribution is 2.33. The topological polar surface area (TPSA) is 130 Å². The zero-order valence-corrected chi connectivity index (χ0v) is 18.3. The fourth-order valence-corrected chi connectivity index (χ4v) is 3.82. The van der Waals surface area contributed by atoms with E-state index in [0.717, 1.165) is 0 Å². The van der Waals surface area contributed by atoms with Crippen LogP contribution in [0.15, 0.2) is 67.0 Å². The number of halogens is 1. The number of benzene rings is 2. The summed E-state index contributed by atoms with van der Waals surface area (Å²) in [5.74, 6) is -1.63. The van der Waals surface area contributed by atoms with Crippen LogP contribution in [-0.2, 0) is 11.1 Å². The van der Waals surface area contributed by atoms with E-state index in [9.17, 15) is 23.7 Å². The minimum atomic E-state index is -3.37. The number of amides is 1. The molecule has 1 atom stereocenters. The molecule has 168 valence electrons. The predicted molar refractivity (Wildman–Crippen MR) is 119 cm³/mol. The first-order valence-corrected chi connectivity index (χ1v) is 11.9. The number of hydrogen-bond donors (Lipinski definition) is 3. The lowest BCUT2D eigenvalue weighted by Gasteiger charge is -2.13. The van der Waals surface area contributed by atoms with Gasteiger partial charge in [-0.15, -0.1) is 0 Å². The third-order valence-corrected chi connectivity index (χ3v) is 6.06. The Hall–Kier alpha value is -3.88. The maximum absolute atomic E-state index is 13.4. The molecule has 2 aromatic heterocycles. The summed E-state index contributed by atoms with van der Waals surface area (Å²) < 4.78 is 26.5. The molecule has 4 rings (SSSR count). The Morgan fingerprint density at radius 1 is 1.12 bits per heavy atom.